The largest absolute Gasteiger partial charge is 0.493 e. The third-order valence-electron chi connectivity index (χ3n) is 3.90. The number of anilines is 1. The van der Waals surface area contributed by atoms with Gasteiger partial charge in [-0.25, -0.2) is 4.98 Å². The van der Waals surface area contributed by atoms with Gasteiger partial charge in [-0.15, -0.1) is 0 Å². The molecule has 1 unspecified atom stereocenters. The highest BCUT2D eigenvalue weighted by Crippen LogP contribution is 2.26. The van der Waals surface area contributed by atoms with Crippen molar-refractivity contribution in [2.24, 2.45) is 0 Å². The lowest BCUT2D eigenvalue weighted by atomic mass is 10.0. The van der Waals surface area contributed by atoms with Crippen LogP contribution in [0, 0.1) is 0 Å². The Bertz CT molecular complexity index is 966. The van der Waals surface area contributed by atoms with Gasteiger partial charge in [0.2, 0.25) is 11.8 Å². The number of hydrogen-bond acceptors (Lipinski definition) is 7. The molecule has 3 N–H and O–H groups in total. The molecule has 26 heavy (non-hydrogen) atoms. The maximum absolute atomic E-state index is 12.1. The summed E-state index contributed by atoms with van der Waals surface area (Å²) < 4.78 is 0.993. The summed E-state index contributed by atoms with van der Waals surface area (Å²) in [5.74, 6) is -0.590. The lowest BCUT2D eigenvalue weighted by Crippen LogP contribution is -2.18. The van der Waals surface area contributed by atoms with Gasteiger partial charge >= 0.3 is 0 Å². The Morgan fingerprint density at radius 2 is 2.15 bits per heavy atom. The van der Waals surface area contributed by atoms with Crippen molar-refractivity contribution in [1.29, 1.82) is 0 Å². The number of aromatic hydroxyl groups is 1. The number of aromatic amines is 1. The number of para-hydroxylation sites is 1. The zero-order valence-electron chi connectivity index (χ0n) is 14.3. The van der Waals surface area contributed by atoms with E-state index in [9.17, 15) is 14.7 Å². The molecule has 0 aliphatic carbocycles. The van der Waals surface area contributed by atoms with E-state index < -0.39 is 0 Å². The van der Waals surface area contributed by atoms with E-state index in [2.05, 4.69) is 20.3 Å². The van der Waals surface area contributed by atoms with E-state index in [1.54, 1.807) is 0 Å². The van der Waals surface area contributed by atoms with Crippen molar-refractivity contribution in [3.05, 3.63) is 40.2 Å². The van der Waals surface area contributed by atoms with Gasteiger partial charge in [-0.05, 0) is 24.5 Å². The summed E-state index contributed by atoms with van der Waals surface area (Å²) in [6, 6.07) is 7.63. The van der Waals surface area contributed by atoms with Gasteiger partial charge in [-0.2, -0.15) is 4.98 Å². The molecule has 0 aliphatic heterocycles. The molecule has 0 spiro atoms. The highest BCUT2D eigenvalue weighted by Gasteiger charge is 2.17. The van der Waals surface area contributed by atoms with Crippen molar-refractivity contribution in [2.45, 2.75) is 31.3 Å². The van der Waals surface area contributed by atoms with Crippen LogP contribution < -0.4 is 10.9 Å². The highest BCUT2D eigenvalue weighted by atomic mass is 32.2. The quantitative estimate of drug-likeness (QED) is 0.440. The summed E-state index contributed by atoms with van der Waals surface area (Å²) in [5, 5.41) is 13.5. The minimum absolute atomic E-state index is 0.0426. The smallest absolute Gasteiger partial charge is 0.258 e. The number of amides is 1. The van der Waals surface area contributed by atoms with Gasteiger partial charge in [0.25, 0.3) is 5.56 Å². The molecule has 9 heteroatoms. The second-order valence-electron chi connectivity index (χ2n) is 5.74. The fraction of sp³-hybridized carbons (Fsp3) is 0.294. The van der Waals surface area contributed by atoms with Gasteiger partial charge in [0.05, 0.1) is 21.5 Å². The van der Waals surface area contributed by atoms with Gasteiger partial charge in [0.15, 0.2) is 10.3 Å². The molecular weight excluding hydrogens is 372 g/mol. The van der Waals surface area contributed by atoms with Gasteiger partial charge in [0, 0.05) is 0 Å². The second-order valence-corrected chi connectivity index (χ2v) is 7.74. The van der Waals surface area contributed by atoms with Crippen molar-refractivity contribution >= 4 is 44.4 Å². The first-order valence-electron chi connectivity index (χ1n) is 8.09. The first-order valence-corrected chi connectivity index (χ1v) is 9.89. The van der Waals surface area contributed by atoms with Crippen molar-refractivity contribution in [2.75, 3.05) is 11.1 Å². The van der Waals surface area contributed by atoms with Gasteiger partial charge < -0.3 is 15.4 Å². The second kappa shape index (κ2) is 7.88. The lowest BCUT2D eigenvalue weighted by Gasteiger charge is -2.10. The van der Waals surface area contributed by atoms with Crippen LogP contribution in [0.4, 0.5) is 5.13 Å². The minimum atomic E-state index is -0.374. The Morgan fingerprint density at radius 1 is 1.38 bits per heavy atom. The van der Waals surface area contributed by atoms with E-state index >= 15 is 0 Å². The summed E-state index contributed by atoms with van der Waals surface area (Å²) in [6.07, 6.45) is 0.718. The average Bonchev–Trinajstić information content (AvgIpc) is 3.01. The first-order chi connectivity index (χ1) is 12.5. The molecule has 0 saturated carbocycles. The maximum atomic E-state index is 12.1. The van der Waals surface area contributed by atoms with Crippen molar-refractivity contribution in [3.8, 4) is 5.88 Å². The number of fused-ring (bicyclic) bond motifs is 1. The normalized spacial score (nSPS) is 12.2. The third kappa shape index (κ3) is 4.05. The molecule has 1 aromatic carbocycles. The predicted octanol–water partition coefficient (Wildman–Crippen LogP) is 3.33. The number of nitrogens with one attached hydrogen (secondary N) is 2. The average molecular weight is 390 g/mol. The van der Waals surface area contributed by atoms with Crippen molar-refractivity contribution in [3.63, 3.8) is 0 Å². The van der Waals surface area contributed by atoms with Gasteiger partial charge in [0.1, 0.15) is 0 Å². The lowest BCUT2D eigenvalue weighted by molar-refractivity contribution is -0.113. The summed E-state index contributed by atoms with van der Waals surface area (Å²) in [4.78, 5) is 35.2. The summed E-state index contributed by atoms with van der Waals surface area (Å²) in [7, 11) is 0. The summed E-state index contributed by atoms with van der Waals surface area (Å²) in [5.41, 5.74) is 0.730. The zero-order chi connectivity index (χ0) is 18.7. The molecule has 136 valence electrons. The van der Waals surface area contributed by atoms with Crippen LogP contribution in [0.1, 0.15) is 31.7 Å². The first kappa shape index (κ1) is 18.4. The molecule has 1 amide bonds. The molecule has 2 aromatic heterocycles. The number of benzene rings is 1. The minimum Gasteiger partial charge on any atom is -0.493 e. The number of H-pyrrole nitrogens is 1. The number of thioether (sulfide) groups is 1. The van der Waals surface area contributed by atoms with E-state index in [1.807, 2.05) is 38.1 Å². The van der Waals surface area contributed by atoms with Crippen molar-refractivity contribution < 1.29 is 9.90 Å². The fourth-order valence-corrected chi connectivity index (χ4v) is 3.92. The molecule has 7 nitrogen and oxygen atoms in total. The molecule has 0 saturated heterocycles. The Labute approximate surface area is 157 Å². The van der Waals surface area contributed by atoms with Crippen LogP contribution >= 0.6 is 23.1 Å². The van der Waals surface area contributed by atoms with Crippen LogP contribution in [0.3, 0.4) is 0 Å². The Kier molecular flexibility index (Phi) is 5.58. The maximum Gasteiger partial charge on any atom is 0.258 e. The van der Waals surface area contributed by atoms with Gasteiger partial charge in [-0.1, -0.05) is 49.1 Å². The number of carbonyl (C=O) groups is 1. The van der Waals surface area contributed by atoms with Crippen LogP contribution in [-0.2, 0) is 4.79 Å². The van der Waals surface area contributed by atoms with Gasteiger partial charge in [-0.3, -0.25) is 9.59 Å². The van der Waals surface area contributed by atoms with Crippen LogP contribution in [0.25, 0.3) is 10.2 Å². The molecule has 0 radical (unpaired) electrons. The third-order valence-corrected chi connectivity index (χ3v) is 5.72. The van der Waals surface area contributed by atoms with E-state index in [0.717, 1.165) is 28.4 Å². The molecule has 3 aromatic rings. The fourth-order valence-electron chi connectivity index (χ4n) is 2.38. The van der Waals surface area contributed by atoms with Crippen LogP contribution in [0.15, 0.2) is 34.2 Å². The van der Waals surface area contributed by atoms with Crippen LogP contribution in [0.2, 0.25) is 0 Å². The van der Waals surface area contributed by atoms with E-state index in [1.165, 1.54) is 11.3 Å². The van der Waals surface area contributed by atoms with E-state index in [0.29, 0.717) is 5.13 Å². The Balaban J connectivity index is 1.65. The number of aromatic nitrogens is 3. The molecule has 0 fully saturated rings. The summed E-state index contributed by atoms with van der Waals surface area (Å²) >= 11 is 2.44. The van der Waals surface area contributed by atoms with Crippen LogP contribution in [0.5, 0.6) is 5.88 Å². The Hall–Kier alpha value is -2.39. The number of hydrogen-bond donors (Lipinski definition) is 3. The zero-order valence-corrected chi connectivity index (χ0v) is 15.9. The molecular formula is C17H18N4O3S2. The highest BCUT2D eigenvalue weighted by molar-refractivity contribution is 7.99. The van der Waals surface area contributed by atoms with Crippen molar-refractivity contribution in [1.82, 2.24) is 15.0 Å². The molecule has 2 heterocycles. The number of thiazole rings is 1. The number of carbonyl (C=O) groups excluding carboxylic acids is 1. The van der Waals surface area contributed by atoms with E-state index in [4.69, 9.17) is 0 Å². The standard InChI is InChI=1S/C17H18N4O3S2/c1-3-9(2)13-14(23)20-16(21-15(13)24)25-8-12(22)19-17-18-10-6-4-5-7-11(10)26-17/h4-7,9H,3,8H2,1-2H3,(H,18,19,22)(H2,20,21,23,24). The topological polar surface area (TPSA) is 108 Å². The van der Waals surface area contributed by atoms with E-state index in [-0.39, 0.29) is 39.7 Å². The molecule has 0 aliphatic rings. The number of nitrogens with zero attached hydrogens (tertiary/aromatic N) is 2. The Morgan fingerprint density at radius 3 is 2.85 bits per heavy atom. The SMILES string of the molecule is CCC(C)c1c(O)nc(SCC(=O)Nc2nc3ccccc3s2)[nH]c1=O. The van der Waals surface area contributed by atoms with Crippen LogP contribution in [-0.4, -0.2) is 31.7 Å². The number of rotatable bonds is 6. The predicted molar refractivity (Wildman–Crippen MR) is 104 cm³/mol. The molecule has 1 atom stereocenters. The summed E-state index contributed by atoms with van der Waals surface area (Å²) in [6.45, 7) is 3.78. The molecule has 0 bridgehead atoms. The molecule has 3 rings (SSSR count). The monoisotopic (exact) mass is 390 g/mol.